The Morgan fingerprint density at radius 3 is 3.00 bits per heavy atom. The molecule has 2 heterocycles. The number of nitrogens with one attached hydrogen (secondary N) is 1. The van der Waals surface area contributed by atoms with Gasteiger partial charge in [-0.1, -0.05) is 6.07 Å². The summed E-state index contributed by atoms with van der Waals surface area (Å²) in [5.41, 5.74) is 0.869. The van der Waals surface area contributed by atoms with E-state index in [2.05, 4.69) is 9.71 Å². The monoisotopic (exact) mass is 341 g/mol. The van der Waals surface area contributed by atoms with Crippen LogP contribution >= 0.6 is 0 Å². The molecule has 0 radical (unpaired) electrons. The summed E-state index contributed by atoms with van der Waals surface area (Å²) in [5.74, 6) is -0.0488. The van der Waals surface area contributed by atoms with Crippen LogP contribution in [0.5, 0.6) is 0 Å². The standard InChI is InChI=1S/C15H23N3O4S/c1-23(20,21)17-9-7-15(19)18-10-4-6-14(11-18)22-12-13-5-2-3-8-16-13/h2-3,5,8,14,17H,4,6-7,9-12H2,1H3. The number of hydrogen-bond acceptors (Lipinski definition) is 5. The highest BCUT2D eigenvalue weighted by Crippen LogP contribution is 2.15. The lowest BCUT2D eigenvalue weighted by molar-refractivity contribution is -0.135. The highest BCUT2D eigenvalue weighted by molar-refractivity contribution is 7.88. The molecule has 0 aliphatic carbocycles. The number of likely N-dealkylation sites (tertiary alicyclic amines) is 1. The number of rotatable bonds is 7. The maximum atomic E-state index is 12.1. The molecule has 1 aliphatic rings. The molecule has 1 N–H and O–H groups in total. The third-order valence-corrected chi connectivity index (χ3v) is 4.36. The van der Waals surface area contributed by atoms with Gasteiger partial charge in [-0.15, -0.1) is 0 Å². The van der Waals surface area contributed by atoms with Gasteiger partial charge < -0.3 is 9.64 Å². The average molecular weight is 341 g/mol. The highest BCUT2D eigenvalue weighted by atomic mass is 32.2. The van der Waals surface area contributed by atoms with Gasteiger partial charge in [0.1, 0.15) is 0 Å². The Balaban J connectivity index is 1.75. The zero-order chi connectivity index (χ0) is 16.7. The van der Waals surface area contributed by atoms with E-state index < -0.39 is 10.0 Å². The van der Waals surface area contributed by atoms with E-state index in [1.807, 2.05) is 18.2 Å². The van der Waals surface area contributed by atoms with Crippen LogP contribution in [0.4, 0.5) is 0 Å². The number of carbonyl (C=O) groups excluding carboxylic acids is 1. The molecular weight excluding hydrogens is 318 g/mol. The molecule has 1 aromatic rings. The number of piperidine rings is 1. The normalized spacial score (nSPS) is 18.8. The molecule has 1 atom stereocenters. The van der Waals surface area contributed by atoms with Crippen molar-refractivity contribution in [3.63, 3.8) is 0 Å². The summed E-state index contributed by atoms with van der Waals surface area (Å²) >= 11 is 0. The molecule has 0 bridgehead atoms. The second-order valence-electron chi connectivity index (χ2n) is 5.65. The van der Waals surface area contributed by atoms with Crippen LogP contribution in [0, 0.1) is 0 Å². The van der Waals surface area contributed by atoms with E-state index in [1.165, 1.54) is 0 Å². The SMILES string of the molecule is CS(=O)(=O)NCCC(=O)N1CCCC(OCc2ccccn2)C1. The number of pyridine rings is 1. The first-order valence-electron chi connectivity index (χ1n) is 7.68. The Bertz CT molecular complexity index is 606. The van der Waals surface area contributed by atoms with Crippen molar-refractivity contribution in [1.82, 2.24) is 14.6 Å². The van der Waals surface area contributed by atoms with Crippen LogP contribution in [0.25, 0.3) is 0 Å². The van der Waals surface area contributed by atoms with E-state index in [4.69, 9.17) is 4.74 Å². The fourth-order valence-electron chi connectivity index (χ4n) is 2.49. The first kappa shape index (κ1) is 17.8. The lowest BCUT2D eigenvalue weighted by Crippen LogP contribution is -2.44. The molecule has 0 saturated carbocycles. The lowest BCUT2D eigenvalue weighted by Gasteiger charge is -2.32. The van der Waals surface area contributed by atoms with Gasteiger partial charge in [0.2, 0.25) is 15.9 Å². The van der Waals surface area contributed by atoms with Gasteiger partial charge in [-0.05, 0) is 25.0 Å². The first-order valence-corrected chi connectivity index (χ1v) is 9.57. The minimum absolute atomic E-state index is 0.00225. The maximum absolute atomic E-state index is 12.1. The topological polar surface area (TPSA) is 88.6 Å². The quantitative estimate of drug-likeness (QED) is 0.781. The fraction of sp³-hybridized carbons (Fsp3) is 0.600. The van der Waals surface area contributed by atoms with Crippen molar-refractivity contribution < 1.29 is 17.9 Å². The molecule has 1 amide bonds. The van der Waals surface area contributed by atoms with Crippen LogP contribution in [-0.4, -0.2) is 56.2 Å². The second kappa shape index (κ2) is 8.37. The molecule has 8 heteroatoms. The smallest absolute Gasteiger partial charge is 0.223 e. The van der Waals surface area contributed by atoms with Crippen molar-refractivity contribution in [2.45, 2.75) is 32.0 Å². The van der Waals surface area contributed by atoms with Gasteiger partial charge >= 0.3 is 0 Å². The number of ether oxygens (including phenoxy) is 1. The predicted molar refractivity (Wildman–Crippen MR) is 86.1 cm³/mol. The molecule has 0 aromatic carbocycles. The summed E-state index contributed by atoms with van der Waals surface area (Å²) in [7, 11) is -3.25. The summed E-state index contributed by atoms with van der Waals surface area (Å²) < 4.78 is 30.2. The van der Waals surface area contributed by atoms with E-state index in [9.17, 15) is 13.2 Å². The minimum atomic E-state index is -3.25. The minimum Gasteiger partial charge on any atom is -0.370 e. The maximum Gasteiger partial charge on any atom is 0.223 e. The largest absolute Gasteiger partial charge is 0.370 e. The summed E-state index contributed by atoms with van der Waals surface area (Å²) in [6, 6.07) is 5.68. The van der Waals surface area contributed by atoms with Crippen LogP contribution in [0.15, 0.2) is 24.4 Å². The van der Waals surface area contributed by atoms with Gasteiger partial charge in [0.15, 0.2) is 0 Å². The van der Waals surface area contributed by atoms with E-state index in [0.717, 1.165) is 24.8 Å². The van der Waals surface area contributed by atoms with E-state index in [-0.39, 0.29) is 25.0 Å². The zero-order valence-electron chi connectivity index (χ0n) is 13.3. The molecule has 2 rings (SSSR count). The number of amides is 1. The highest BCUT2D eigenvalue weighted by Gasteiger charge is 2.24. The molecule has 7 nitrogen and oxygen atoms in total. The van der Waals surface area contributed by atoms with E-state index in [1.54, 1.807) is 11.1 Å². The zero-order valence-corrected chi connectivity index (χ0v) is 14.1. The Morgan fingerprint density at radius 2 is 2.30 bits per heavy atom. The van der Waals surface area contributed by atoms with Crippen molar-refractivity contribution >= 4 is 15.9 Å². The van der Waals surface area contributed by atoms with Gasteiger partial charge in [-0.2, -0.15) is 0 Å². The Hall–Kier alpha value is -1.51. The molecule has 1 saturated heterocycles. The van der Waals surface area contributed by atoms with Gasteiger partial charge in [-0.3, -0.25) is 9.78 Å². The van der Waals surface area contributed by atoms with Crippen LogP contribution in [0.3, 0.4) is 0 Å². The van der Waals surface area contributed by atoms with Crippen molar-refractivity contribution in [3.8, 4) is 0 Å². The second-order valence-corrected chi connectivity index (χ2v) is 7.49. The number of aromatic nitrogens is 1. The van der Waals surface area contributed by atoms with Crippen molar-refractivity contribution in [2.24, 2.45) is 0 Å². The Morgan fingerprint density at radius 1 is 1.48 bits per heavy atom. The van der Waals surface area contributed by atoms with Gasteiger partial charge in [0.25, 0.3) is 0 Å². The molecule has 1 aromatic heterocycles. The summed E-state index contributed by atoms with van der Waals surface area (Å²) in [6.45, 7) is 1.81. The molecule has 1 aliphatic heterocycles. The number of carbonyl (C=O) groups is 1. The summed E-state index contributed by atoms with van der Waals surface area (Å²) in [6.07, 6.45) is 4.78. The number of hydrogen-bond donors (Lipinski definition) is 1. The van der Waals surface area contributed by atoms with Crippen molar-refractivity contribution in [1.29, 1.82) is 0 Å². The van der Waals surface area contributed by atoms with Crippen LogP contribution in [0.1, 0.15) is 25.0 Å². The summed E-state index contributed by atoms with van der Waals surface area (Å²) in [4.78, 5) is 18.1. The molecule has 128 valence electrons. The third kappa shape index (κ3) is 6.64. The van der Waals surface area contributed by atoms with Gasteiger partial charge in [0, 0.05) is 32.3 Å². The molecular formula is C15H23N3O4S. The van der Waals surface area contributed by atoms with Gasteiger partial charge in [-0.25, -0.2) is 13.1 Å². The predicted octanol–water partition coefficient (Wildman–Crippen LogP) is 0.529. The fourth-order valence-corrected chi connectivity index (χ4v) is 2.96. The van der Waals surface area contributed by atoms with E-state index in [0.29, 0.717) is 19.7 Å². The van der Waals surface area contributed by atoms with Crippen molar-refractivity contribution in [2.75, 3.05) is 25.9 Å². The van der Waals surface area contributed by atoms with Crippen LogP contribution in [0.2, 0.25) is 0 Å². The molecule has 0 spiro atoms. The van der Waals surface area contributed by atoms with Crippen LogP contribution in [-0.2, 0) is 26.2 Å². The van der Waals surface area contributed by atoms with Crippen LogP contribution < -0.4 is 4.72 Å². The summed E-state index contributed by atoms with van der Waals surface area (Å²) in [5, 5.41) is 0. The van der Waals surface area contributed by atoms with Gasteiger partial charge in [0.05, 0.1) is 24.7 Å². The number of sulfonamides is 1. The average Bonchev–Trinajstić information content (AvgIpc) is 2.53. The lowest BCUT2D eigenvalue weighted by atomic mass is 10.1. The Labute approximate surface area is 137 Å². The molecule has 1 unspecified atom stereocenters. The number of nitrogens with zero attached hydrogens (tertiary/aromatic N) is 2. The molecule has 23 heavy (non-hydrogen) atoms. The molecule has 1 fully saturated rings. The Kier molecular flexibility index (Phi) is 6.49. The van der Waals surface area contributed by atoms with Crippen molar-refractivity contribution in [3.05, 3.63) is 30.1 Å². The third-order valence-electron chi connectivity index (χ3n) is 3.63. The first-order chi connectivity index (χ1) is 10.9. The van der Waals surface area contributed by atoms with E-state index >= 15 is 0 Å².